The molecular formula is C10H11BrN4O. The molecule has 1 aromatic carbocycles. The van der Waals surface area contributed by atoms with E-state index < -0.39 is 0 Å². The number of rotatable bonds is 3. The first-order chi connectivity index (χ1) is 7.65. The number of halogens is 1. The molecule has 16 heavy (non-hydrogen) atoms. The molecule has 1 aromatic heterocycles. The number of aryl methyl sites for hydroxylation is 1. The lowest BCUT2D eigenvalue weighted by Gasteiger charge is -2.06. The zero-order valence-corrected chi connectivity index (χ0v) is 10.3. The van der Waals surface area contributed by atoms with Gasteiger partial charge in [-0.05, 0) is 41.1 Å². The maximum atomic E-state index is 5.64. The van der Waals surface area contributed by atoms with E-state index in [0.29, 0.717) is 23.9 Å². The number of hydrogen-bond acceptors (Lipinski definition) is 5. The van der Waals surface area contributed by atoms with Crippen LogP contribution in [0.1, 0.15) is 11.7 Å². The van der Waals surface area contributed by atoms with Crippen LogP contribution in [0.2, 0.25) is 0 Å². The molecule has 0 bridgehead atoms. The first-order valence-electron chi connectivity index (χ1n) is 4.73. The van der Waals surface area contributed by atoms with Gasteiger partial charge in [-0.3, -0.25) is 0 Å². The Morgan fingerprint density at radius 2 is 2.31 bits per heavy atom. The van der Waals surface area contributed by atoms with Gasteiger partial charge in [0.1, 0.15) is 0 Å². The van der Waals surface area contributed by atoms with Crippen LogP contribution < -0.4 is 11.1 Å². The molecule has 0 atom stereocenters. The van der Waals surface area contributed by atoms with Gasteiger partial charge in [0.25, 0.3) is 0 Å². The zero-order chi connectivity index (χ0) is 11.5. The van der Waals surface area contributed by atoms with Gasteiger partial charge in [0.15, 0.2) is 5.82 Å². The van der Waals surface area contributed by atoms with Gasteiger partial charge in [-0.15, -0.1) is 0 Å². The summed E-state index contributed by atoms with van der Waals surface area (Å²) < 4.78 is 5.89. The normalized spacial score (nSPS) is 10.4. The van der Waals surface area contributed by atoms with Crippen molar-refractivity contribution in [2.45, 2.75) is 13.5 Å². The Kier molecular flexibility index (Phi) is 3.09. The van der Waals surface area contributed by atoms with Gasteiger partial charge in [-0.25, -0.2) is 0 Å². The van der Waals surface area contributed by atoms with E-state index in [0.717, 1.165) is 10.2 Å². The summed E-state index contributed by atoms with van der Waals surface area (Å²) >= 11 is 3.42. The van der Waals surface area contributed by atoms with E-state index in [9.17, 15) is 0 Å². The molecule has 0 spiro atoms. The molecule has 3 N–H and O–H groups in total. The van der Waals surface area contributed by atoms with Crippen LogP contribution in [0.4, 0.5) is 11.4 Å². The minimum Gasteiger partial charge on any atom is -0.399 e. The van der Waals surface area contributed by atoms with Crippen molar-refractivity contribution in [3.63, 3.8) is 0 Å². The molecule has 0 saturated heterocycles. The van der Waals surface area contributed by atoms with Gasteiger partial charge in [0.05, 0.1) is 6.54 Å². The smallest absolute Gasteiger partial charge is 0.245 e. The minimum absolute atomic E-state index is 0.489. The molecule has 0 unspecified atom stereocenters. The van der Waals surface area contributed by atoms with Gasteiger partial charge < -0.3 is 15.6 Å². The van der Waals surface area contributed by atoms with Crippen molar-refractivity contribution in [3.8, 4) is 0 Å². The van der Waals surface area contributed by atoms with E-state index in [1.807, 2.05) is 18.2 Å². The first-order valence-corrected chi connectivity index (χ1v) is 5.52. The zero-order valence-electron chi connectivity index (χ0n) is 8.70. The summed E-state index contributed by atoms with van der Waals surface area (Å²) in [6, 6.07) is 5.55. The van der Waals surface area contributed by atoms with Crippen LogP contribution in [-0.4, -0.2) is 10.1 Å². The molecule has 6 heteroatoms. The monoisotopic (exact) mass is 282 g/mol. The fourth-order valence-corrected chi connectivity index (χ4v) is 1.79. The van der Waals surface area contributed by atoms with Crippen LogP contribution in [0, 0.1) is 6.92 Å². The number of nitrogens with one attached hydrogen (secondary N) is 1. The Morgan fingerprint density at radius 1 is 1.50 bits per heavy atom. The Balaban J connectivity index is 2.04. The number of nitrogens with two attached hydrogens (primary N) is 1. The molecule has 1 heterocycles. The summed E-state index contributed by atoms with van der Waals surface area (Å²) in [6.45, 7) is 2.27. The Labute approximate surface area is 101 Å². The molecule has 2 rings (SSSR count). The van der Waals surface area contributed by atoms with E-state index >= 15 is 0 Å². The quantitative estimate of drug-likeness (QED) is 0.845. The highest BCUT2D eigenvalue weighted by Crippen LogP contribution is 2.24. The third-order valence-electron chi connectivity index (χ3n) is 1.99. The third kappa shape index (κ3) is 2.52. The Hall–Kier alpha value is -1.56. The van der Waals surface area contributed by atoms with Crippen molar-refractivity contribution in [3.05, 3.63) is 34.4 Å². The molecule has 0 saturated carbocycles. The number of hydrogen-bond donors (Lipinski definition) is 2. The number of benzene rings is 1. The van der Waals surface area contributed by atoms with Crippen LogP contribution in [0.25, 0.3) is 0 Å². The van der Waals surface area contributed by atoms with Crippen molar-refractivity contribution < 1.29 is 4.52 Å². The van der Waals surface area contributed by atoms with Crippen LogP contribution in [0.5, 0.6) is 0 Å². The van der Waals surface area contributed by atoms with Gasteiger partial charge >= 0.3 is 0 Å². The number of anilines is 2. The second kappa shape index (κ2) is 4.52. The van der Waals surface area contributed by atoms with E-state index in [2.05, 4.69) is 31.4 Å². The van der Waals surface area contributed by atoms with Crippen molar-refractivity contribution in [1.29, 1.82) is 0 Å². The van der Waals surface area contributed by atoms with Gasteiger partial charge in [0, 0.05) is 15.8 Å². The van der Waals surface area contributed by atoms with Crippen LogP contribution >= 0.6 is 15.9 Å². The van der Waals surface area contributed by atoms with Crippen molar-refractivity contribution in [1.82, 2.24) is 10.1 Å². The molecule has 0 fully saturated rings. The van der Waals surface area contributed by atoms with E-state index in [1.165, 1.54) is 0 Å². The molecule has 0 radical (unpaired) electrons. The molecule has 84 valence electrons. The second-order valence-corrected chi connectivity index (χ2v) is 4.18. The van der Waals surface area contributed by atoms with E-state index in [4.69, 9.17) is 10.3 Å². The van der Waals surface area contributed by atoms with Gasteiger partial charge in [0.2, 0.25) is 5.89 Å². The van der Waals surface area contributed by atoms with E-state index in [1.54, 1.807) is 6.92 Å². The number of aromatic nitrogens is 2. The topological polar surface area (TPSA) is 77.0 Å². The molecule has 0 aliphatic carbocycles. The SMILES string of the molecule is Cc1noc(CNc2ccc(N)cc2Br)n1. The minimum atomic E-state index is 0.489. The summed E-state index contributed by atoms with van der Waals surface area (Å²) in [4.78, 5) is 4.09. The maximum absolute atomic E-state index is 5.64. The maximum Gasteiger partial charge on any atom is 0.245 e. The molecule has 0 amide bonds. The fraction of sp³-hybridized carbons (Fsp3) is 0.200. The second-order valence-electron chi connectivity index (χ2n) is 3.33. The van der Waals surface area contributed by atoms with Crippen molar-refractivity contribution >= 4 is 27.3 Å². The van der Waals surface area contributed by atoms with Crippen LogP contribution in [0.3, 0.4) is 0 Å². The van der Waals surface area contributed by atoms with Crippen LogP contribution in [0.15, 0.2) is 27.2 Å². The summed E-state index contributed by atoms with van der Waals surface area (Å²) in [5, 5.41) is 6.88. The summed E-state index contributed by atoms with van der Waals surface area (Å²) in [7, 11) is 0. The molecular weight excluding hydrogens is 272 g/mol. The lowest BCUT2D eigenvalue weighted by molar-refractivity contribution is 0.379. The highest BCUT2D eigenvalue weighted by Gasteiger charge is 2.04. The van der Waals surface area contributed by atoms with E-state index in [-0.39, 0.29) is 0 Å². The highest BCUT2D eigenvalue weighted by molar-refractivity contribution is 9.10. The molecule has 2 aromatic rings. The molecule has 0 aliphatic heterocycles. The Morgan fingerprint density at radius 3 is 2.94 bits per heavy atom. The van der Waals surface area contributed by atoms with Crippen molar-refractivity contribution in [2.75, 3.05) is 11.1 Å². The lowest BCUT2D eigenvalue weighted by Crippen LogP contribution is -2.00. The summed E-state index contributed by atoms with van der Waals surface area (Å²) in [6.07, 6.45) is 0. The average Bonchev–Trinajstić information content (AvgIpc) is 2.63. The fourth-order valence-electron chi connectivity index (χ4n) is 1.26. The number of nitrogens with zero attached hydrogens (tertiary/aromatic N) is 2. The lowest BCUT2D eigenvalue weighted by atomic mass is 10.3. The largest absolute Gasteiger partial charge is 0.399 e. The Bertz CT molecular complexity index is 497. The predicted molar refractivity (Wildman–Crippen MR) is 64.9 cm³/mol. The van der Waals surface area contributed by atoms with Crippen LogP contribution in [-0.2, 0) is 6.54 Å². The predicted octanol–water partition coefficient (Wildman–Crippen LogP) is 2.33. The molecule has 0 aliphatic rings. The average molecular weight is 283 g/mol. The first kappa shape index (κ1) is 10.9. The van der Waals surface area contributed by atoms with Gasteiger partial charge in [-0.1, -0.05) is 5.16 Å². The standard InChI is InChI=1S/C10H11BrN4O/c1-6-14-10(16-15-6)5-13-9-3-2-7(12)4-8(9)11/h2-4,13H,5,12H2,1H3. The third-order valence-corrected chi connectivity index (χ3v) is 2.65. The highest BCUT2D eigenvalue weighted by atomic mass is 79.9. The molecule has 5 nitrogen and oxygen atoms in total. The summed E-state index contributed by atoms with van der Waals surface area (Å²) in [5.41, 5.74) is 7.29. The summed E-state index contributed by atoms with van der Waals surface area (Å²) in [5.74, 6) is 1.19. The van der Waals surface area contributed by atoms with Gasteiger partial charge in [-0.2, -0.15) is 4.98 Å². The number of nitrogen functional groups attached to an aromatic ring is 1. The van der Waals surface area contributed by atoms with Crippen molar-refractivity contribution in [2.24, 2.45) is 0 Å².